The highest BCUT2D eigenvalue weighted by Crippen LogP contribution is 2.23. The van der Waals surface area contributed by atoms with Crippen LogP contribution in [0.5, 0.6) is 0 Å². The zero-order valence-electron chi connectivity index (χ0n) is 14.9. The lowest BCUT2D eigenvalue weighted by molar-refractivity contribution is -0.127. The Labute approximate surface area is 148 Å². The van der Waals surface area contributed by atoms with Crippen molar-refractivity contribution in [3.8, 4) is 0 Å². The molecule has 1 fully saturated rings. The third-order valence-corrected chi connectivity index (χ3v) is 4.98. The number of aliphatic hydroxyl groups excluding tert-OH is 1. The maximum Gasteiger partial charge on any atom is 0.237 e. The fourth-order valence-electron chi connectivity index (χ4n) is 3.30. The smallest absolute Gasteiger partial charge is 0.237 e. The zero-order valence-corrected chi connectivity index (χ0v) is 14.9. The lowest BCUT2D eigenvalue weighted by Crippen LogP contribution is -2.54. The summed E-state index contributed by atoms with van der Waals surface area (Å²) in [6.07, 6.45) is 0. The number of carbonyl (C=O) groups excluding carboxylic acids is 1. The van der Waals surface area contributed by atoms with Crippen molar-refractivity contribution in [3.63, 3.8) is 0 Å². The van der Waals surface area contributed by atoms with Gasteiger partial charge in [-0.2, -0.15) is 0 Å². The number of piperazine rings is 1. The SMILES string of the molecule is C[C@H](NC(=O)[C@@H](C)N1CCN(CCO)CC1)c1cc2ccccc2o1. The minimum absolute atomic E-state index is 0.0172. The molecule has 0 aliphatic carbocycles. The van der Waals surface area contributed by atoms with Crippen molar-refractivity contribution in [2.24, 2.45) is 0 Å². The highest BCUT2D eigenvalue weighted by Gasteiger charge is 2.26. The van der Waals surface area contributed by atoms with E-state index in [0.717, 1.165) is 42.9 Å². The molecule has 2 N–H and O–H groups in total. The van der Waals surface area contributed by atoms with Crippen LogP contribution in [0.4, 0.5) is 0 Å². The first-order valence-corrected chi connectivity index (χ1v) is 8.94. The van der Waals surface area contributed by atoms with Crippen molar-refractivity contribution in [1.82, 2.24) is 15.1 Å². The number of furan rings is 1. The van der Waals surface area contributed by atoms with E-state index in [1.165, 1.54) is 0 Å². The second-order valence-electron chi connectivity index (χ2n) is 6.69. The molecule has 2 atom stereocenters. The summed E-state index contributed by atoms with van der Waals surface area (Å²) in [4.78, 5) is 17.0. The number of para-hydroxylation sites is 1. The summed E-state index contributed by atoms with van der Waals surface area (Å²) < 4.78 is 5.84. The Balaban J connectivity index is 1.56. The summed E-state index contributed by atoms with van der Waals surface area (Å²) in [6, 6.07) is 9.49. The van der Waals surface area contributed by atoms with Crippen LogP contribution in [-0.2, 0) is 4.79 Å². The highest BCUT2D eigenvalue weighted by atomic mass is 16.3. The Morgan fingerprint density at radius 2 is 1.96 bits per heavy atom. The summed E-state index contributed by atoms with van der Waals surface area (Å²) in [7, 11) is 0. The molecule has 6 heteroatoms. The average molecular weight is 345 g/mol. The van der Waals surface area contributed by atoms with Gasteiger partial charge in [0.1, 0.15) is 11.3 Å². The van der Waals surface area contributed by atoms with Crippen molar-refractivity contribution < 1.29 is 14.3 Å². The fraction of sp³-hybridized carbons (Fsp3) is 0.526. The first kappa shape index (κ1) is 17.9. The molecule has 1 aromatic heterocycles. The third-order valence-electron chi connectivity index (χ3n) is 4.98. The Bertz CT molecular complexity index is 674. The molecule has 0 radical (unpaired) electrons. The van der Waals surface area contributed by atoms with E-state index in [2.05, 4.69) is 15.1 Å². The summed E-state index contributed by atoms with van der Waals surface area (Å²) in [6.45, 7) is 8.24. The number of β-amino-alcohol motifs (C(OH)–C–C–N with tert-alkyl or cyclic N) is 1. The molecular formula is C19H27N3O3. The average Bonchev–Trinajstić information content (AvgIpc) is 3.06. The van der Waals surface area contributed by atoms with Gasteiger partial charge >= 0.3 is 0 Å². The maximum atomic E-state index is 12.6. The zero-order chi connectivity index (χ0) is 17.8. The molecule has 136 valence electrons. The number of benzene rings is 1. The van der Waals surface area contributed by atoms with Gasteiger partial charge in [-0.3, -0.25) is 14.6 Å². The maximum absolute atomic E-state index is 12.6. The standard InChI is InChI=1S/C19H27N3O3/c1-14(18-13-16-5-3-4-6-17(16)25-18)20-19(24)15(2)22-9-7-21(8-10-22)11-12-23/h3-6,13-15,23H,7-12H2,1-2H3,(H,20,24)/t14-,15+/m0/s1. The summed E-state index contributed by atoms with van der Waals surface area (Å²) in [5.41, 5.74) is 0.839. The number of rotatable bonds is 6. The minimum Gasteiger partial charge on any atom is -0.459 e. The molecule has 2 heterocycles. The number of hydrogen-bond acceptors (Lipinski definition) is 5. The van der Waals surface area contributed by atoms with E-state index in [-0.39, 0.29) is 24.6 Å². The summed E-state index contributed by atoms with van der Waals surface area (Å²) in [5.74, 6) is 0.790. The predicted octanol–water partition coefficient (Wildman–Crippen LogP) is 1.61. The molecule has 0 bridgehead atoms. The van der Waals surface area contributed by atoms with Gasteiger partial charge < -0.3 is 14.8 Å². The van der Waals surface area contributed by atoms with Crippen molar-refractivity contribution in [2.75, 3.05) is 39.3 Å². The van der Waals surface area contributed by atoms with Crippen LogP contribution in [0.15, 0.2) is 34.7 Å². The lowest BCUT2D eigenvalue weighted by Gasteiger charge is -2.37. The Morgan fingerprint density at radius 3 is 2.64 bits per heavy atom. The second-order valence-corrected chi connectivity index (χ2v) is 6.69. The monoisotopic (exact) mass is 345 g/mol. The minimum atomic E-state index is -0.178. The van der Waals surface area contributed by atoms with E-state index in [9.17, 15) is 4.79 Å². The van der Waals surface area contributed by atoms with Crippen molar-refractivity contribution in [3.05, 3.63) is 36.1 Å². The van der Waals surface area contributed by atoms with Gasteiger partial charge in [0, 0.05) is 38.1 Å². The Morgan fingerprint density at radius 1 is 1.24 bits per heavy atom. The first-order chi connectivity index (χ1) is 12.1. The largest absolute Gasteiger partial charge is 0.459 e. The summed E-state index contributed by atoms with van der Waals surface area (Å²) >= 11 is 0. The van der Waals surface area contributed by atoms with Gasteiger partial charge in [0.15, 0.2) is 0 Å². The van der Waals surface area contributed by atoms with Gasteiger partial charge in [0.2, 0.25) is 5.91 Å². The Hall–Kier alpha value is -1.89. The van der Waals surface area contributed by atoms with Gasteiger partial charge in [-0.1, -0.05) is 18.2 Å². The molecule has 0 spiro atoms. The number of nitrogens with one attached hydrogen (secondary N) is 1. The van der Waals surface area contributed by atoms with Crippen LogP contribution < -0.4 is 5.32 Å². The van der Waals surface area contributed by atoms with Crippen LogP contribution in [0.3, 0.4) is 0 Å². The molecule has 3 rings (SSSR count). The molecule has 1 amide bonds. The van der Waals surface area contributed by atoms with Gasteiger partial charge in [-0.05, 0) is 26.0 Å². The lowest BCUT2D eigenvalue weighted by atomic mass is 10.1. The molecule has 6 nitrogen and oxygen atoms in total. The van der Waals surface area contributed by atoms with E-state index < -0.39 is 0 Å². The summed E-state index contributed by atoms with van der Waals surface area (Å²) in [5, 5.41) is 13.1. The van der Waals surface area contributed by atoms with Crippen LogP contribution >= 0.6 is 0 Å². The number of nitrogens with zero attached hydrogens (tertiary/aromatic N) is 2. The number of carbonyl (C=O) groups is 1. The van der Waals surface area contributed by atoms with E-state index in [0.29, 0.717) is 6.54 Å². The number of fused-ring (bicyclic) bond motifs is 1. The van der Waals surface area contributed by atoms with E-state index >= 15 is 0 Å². The molecule has 0 unspecified atom stereocenters. The second kappa shape index (κ2) is 7.99. The molecular weight excluding hydrogens is 318 g/mol. The Kier molecular flexibility index (Phi) is 5.73. The topological polar surface area (TPSA) is 69.0 Å². The molecule has 1 saturated heterocycles. The first-order valence-electron chi connectivity index (χ1n) is 8.94. The predicted molar refractivity (Wildman–Crippen MR) is 97.3 cm³/mol. The molecule has 2 aromatic rings. The van der Waals surface area contributed by atoms with Gasteiger partial charge in [-0.15, -0.1) is 0 Å². The quantitative estimate of drug-likeness (QED) is 0.832. The normalized spacial score (nSPS) is 19.0. The van der Waals surface area contributed by atoms with Crippen LogP contribution in [0.2, 0.25) is 0 Å². The van der Waals surface area contributed by atoms with Crippen LogP contribution in [0, 0.1) is 0 Å². The van der Waals surface area contributed by atoms with Crippen LogP contribution in [-0.4, -0.2) is 66.2 Å². The molecule has 1 aromatic carbocycles. The number of hydrogen-bond donors (Lipinski definition) is 2. The van der Waals surface area contributed by atoms with Gasteiger partial charge in [-0.25, -0.2) is 0 Å². The van der Waals surface area contributed by atoms with E-state index in [1.54, 1.807) is 0 Å². The van der Waals surface area contributed by atoms with Crippen molar-refractivity contribution in [1.29, 1.82) is 0 Å². The number of amides is 1. The van der Waals surface area contributed by atoms with Crippen molar-refractivity contribution >= 4 is 16.9 Å². The van der Waals surface area contributed by atoms with E-state index in [1.807, 2.05) is 44.2 Å². The van der Waals surface area contributed by atoms with Crippen molar-refractivity contribution in [2.45, 2.75) is 25.9 Å². The molecule has 1 aliphatic heterocycles. The van der Waals surface area contributed by atoms with Gasteiger partial charge in [0.05, 0.1) is 18.7 Å². The van der Waals surface area contributed by atoms with Crippen LogP contribution in [0.1, 0.15) is 25.6 Å². The van der Waals surface area contributed by atoms with Crippen LogP contribution in [0.25, 0.3) is 11.0 Å². The molecule has 0 saturated carbocycles. The fourth-order valence-corrected chi connectivity index (χ4v) is 3.30. The third kappa shape index (κ3) is 4.21. The molecule has 25 heavy (non-hydrogen) atoms. The van der Waals surface area contributed by atoms with E-state index in [4.69, 9.17) is 9.52 Å². The highest BCUT2D eigenvalue weighted by molar-refractivity contribution is 5.82. The molecule has 1 aliphatic rings. The van der Waals surface area contributed by atoms with Gasteiger partial charge in [0.25, 0.3) is 0 Å². The number of aliphatic hydroxyl groups is 1.